The number of likely N-dealkylation sites (tertiary alicyclic amines) is 1. The molecule has 82 valence electrons. The molecule has 2 rings (SSSR count). The SMILES string of the molecule is CC1(C)CN(C2(CO)CCOCC2)C1. The Bertz CT molecular complexity index is 201. The molecule has 0 aliphatic carbocycles. The van der Waals surface area contributed by atoms with E-state index < -0.39 is 0 Å². The lowest BCUT2D eigenvalue weighted by Gasteiger charge is -2.56. The maximum atomic E-state index is 9.55. The third-order valence-electron chi connectivity index (χ3n) is 3.63. The van der Waals surface area contributed by atoms with Crippen LogP contribution in [0.2, 0.25) is 0 Å². The molecule has 0 atom stereocenters. The second-order valence-corrected chi connectivity index (χ2v) is 5.52. The first kappa shape index (κ1) is 10.4. The Morgan fingerprint density at radius 1 is 1.21 bits per heavy atom. The molecule has 0 aromatic heterocycles. The summed E-state index contributed by atoms with van der Waals surface area (Å²) in [6.45, 7) is 8.70. The molecule has 2 fully saturated rings. The van der Waals surface area contributed by atoms with E-state index in [0.717, 1.165) is 39.1 Å². The van der Waals surface area contributed by atoms with Gasteiger partial charge in [-0.3, -0.25) is 4.90 Å². The van der Waals surface area contributed by atoms with Crippen LogP contribution < -0.4 is 0 Å². The van der Waals surface area contributed by atoms with E-state index in [9.17, 15) is 5.11 Å². The summed E-state index contributed by atoms with van der Waals surface area (Å²) in [7, 11) is 0. The van der Waals surface area contributed by atoms with Gasteiger partial charge >= 0.3 is 0 Å². The fraction of sp³-hybridized carbons (Fsp3) is 1.00. The zero-order chi connectivity index (χ0) is 10.2. The highest BCUT2D eigenvalue weighted by Gasteiger charge is 2.47. The monoisotopic (exact) mass is 199 g/mol. The van der Waals surface area contributed by atoms with Crippen LogP contribution in [0.4, 0.5) is 0 Å². The third kappa shape index (κ3) is 1.69. The van der Waals surface area contributed by atoms with E-state index in [2.05, 4.69) is 18.7 Å². The van der Waals surface area contributed by atoms with Gasteiger partial charge in [0.15, 0.2) is 0 Å². The Morgan fingerprint density at radius 3 is 2.21 bits per heavy atom. The number of hydrogen-bond acceptors (Lipinski definition) is 3. The lowest BCUT2D eigenvalue weighted by Crippen LogP contribution is -2.66. The lowest BCUT2D eigenvalue weighted by molar-refractivity contribution is -0.124. The van der Waals surface area contributed by atoms with Crippen molar-refractivity contribution < 1.29 is 9.84 Å². The number of nitrogens with zero attached hydrogens (tertiary/aromatic N) is 1. The molecule has 3 heteroatoms. The van der Waals surface area contributed by atoms with Gasteiger partial charge in [0.1, 0.15) is 0 Å². The van der Waals surface area contributed by atoms with Crippen LogP contribution in [0.5, 0.6) is 0 Å². The van der Waals surface area contributed by atoms with Crippen LogP contribution in [0, 0.1) is 5.41 Å². The quantitative estimate of drug-likeness (QED) is 0.716. The van der Waals surface area contributed by atoms with E-state index in [0.29, 0.717) is 5.41 Å². The highest BCUT2D eigenvalue weighted by Crippen LogP contribution is 2.39. The van der Waals surface area contributed by atoms with E-state index in [-0.39, 0.29) is 12.1 Å². The van der Waals surface area contributed by atoms with Crippen molar-refractivity contribution in [3.05, 3.63) is 0 Å². The molecule has 0 unspecified atom stereocenters. The number of rotatable bonds is 2. The molecule has 2 aliphatic rings. The summed E-state index contributed by atoms with van der Waals surface area (Å²) in [4.78, 5) is 2.44. The van der Waals surface area contributed by atoms with Gasteiger partial charge in [0, 0.05) is 31.8 Å². The van der Waals surface area contributed by atoms with E-state index >= 15 is 0 Å². The molecule has 0 saturated carbocycles. The van der Waals surface area contributed by atoms with Crippen LogP contribution in [0.3, 0.4) is 0 Å². The third-order valence-corrected chi connectivity index (χ3v) is 3.63. The molecule has 1 N–H and O–H groups in total. The zero-order valence-corrected chi connectivity index (χ0v) is 9.25. The smallest absolute Gasteiger partial charge is 0.0617 e. The molecule has 2 heterocycles. The molecular weight excluding hydrogens is 178 g/mol. The first-order valence-electron chi connectivity index (χ1n) is 5.52. The van der Waals surface area contributed by atoms with E-state index in [1.165, 1.54) is 0 Å². The molecule has 2 aliphatic heterocycles. The van der Waals surface area contributed by atoms with Gasteiger partial charge in [0.25, 0.3) is 0 Å². The maximum absolute atomic E-state index is 9.55. The summed E-state index contributed by atoms with van der Waals surface area (Å²) in [5, 5.41) is 9.55. The summed E-state index contributed by atoms with van der Waals surface area (Å²) in [5.74, 6) is 0. The van der Waals surface area contributed by atoms with Crippen LogP contribution in [-0.2, 0) is 4.74 Å². The summed E-state index contributed by atoms with van der Waals surface area (Å²) < 4.78 is 5.36. The summed E-state index contributed by atoms with van der Waals surface area (Å²) in [6, 6.07) is 0. The van der Waals surface area contributed by atoms with Gasteiger partial charge in [-0.15, -0.1) is 0 Å². The van der Waals surface area contributed by atoms with Crippen molar-refractivity contribution in [3.63, 3.8) is 0 Å². The van der Waals surface area contributed by atoms with Crippen molar-refractivity contribution >= 4 is 0 Å². The van der Waals surface area contributed by atoms with E-state index in [4.69, 9.17) is 4.74 Å². The number of aliphatic hydroxyl groups excluding tert-OH is 1. The number of ether oxygens (including phenoxy) is 1. The Balaban J connectivity index is 1.99. The minimum Gasteiger partial charge on any atom is -0.394 e. The molecule has 0 radical (unpaired) electrons. The predicted molar refractivity (Wildman–Crippen MR) is 55.2 cm³/mol. The van der Waals surface area contributed by atoms with Gasteiger partial charge in [0.05, 0.1) is 6.61 Å². The molecule has 0 aromatic rings. The Kier molecular flexibility index (Phi) is 2.58. The largest absolute Gasteiger partial charge is 0.394 e. The van der Waals surface area contributed by atoms with Gasteiger partial charge in [-0.05, 0) is 18.3 Å². The fourth-order valence-electron chi connectivity index (χ4n) is 2.65. The minimum absolute atomic E-state index is 0.0355. The van der Waals surface area contributed by atoms with Crippen LogP contribution in [-0.4, -0.2) is 48.5 Å². The summed E-state index contributed by atoms with van der Waals surface area (Å²) in [5.41, 5.74) is 0.480. The molecule has 0 amide bonds. The van der Waals surface area contributed by atoms with Gasteiger partial charge in [-0.1, -0.05) is 13.8 Å². The predicted octanol–water partition coefficient (Wildman–Crippen LogP) is 0.870. The highest BCUT2D eigenvalue weighted by atomic mass is 16.5. The molecule has 0 aromatic carbocycles. The van der Waals surface area contributed by atoms with Crippen molar-refractivity contribution in [3.8, 4) is 0 Å². The Labute approximate surface area is 86.0 Å². The van der Waals surface area contributed by atoms with Crippen LogP contribution in [0.15, 0.2) is 0 Å². The molecule has 0 bridgehead atoms. The lowest BCUT2D eigenvalue weighted by atomic mass is 9.77. The Morgan fingerprint density at radius 2 is 1.79 bits per heavy atom. The van der Waals surface area contributed by atoms with Gasteiger partial charge < -0.3 is 9.84 Å². The van der Waals surface area contributed by atoms with Crippen LogP contribution in [0.1, 0.15) is 26.7 Å². The first-order chi connectivity index (χ1) is 6.58. The average Bonchev–Trinajstić information content (AvgIpc) is 2.15. The molecule has 0 spiro atoms. The van der Waals surface area contributed by atoms with E-state index in [1.807, 2.05) is 0 Å². The topological polar surface area (TPSA) is 32.7 Å². The number of aliphatic hydroxyl groups is 1. The second kappa shape index (κ2) is 3.47. The zero-order valence-electron chi connectivity index (χ0n) is 9.25. The number of hydrogen-bond donors (Lipinski definition) is 1. The average molecular weight is 199 g/mol. The molecule has 2 saturated heterocycles. The van der Waals surface area contributed by atoms with Crippen molar-refractivity contribution in [1.29, 1.82) is 0 Å². The van der Waals surface area contributed by atoms with Crippen LogP contribution in [0.25, 0.3) is 0 Å². The van der Waals surface area contributed by atoms with Crippen molar-refractivity contribution in [2.75, 3.05) is 32.9 Å². The maximum Gasteiger partial charge on any atom is 0.0617 e. The minimum atomic E-state index is 0.0355. The molecule has 14 heavy (non-hydrogen) atoms. The first-order valence-corrected chi connectivity index (χ1v) is 5.52. The van der Waals surface area contributed by atoms with E-state index in [1.54, 1.807) is 0 Å². The van der Waals surface area contributed by atoms with Gasteiger partial charge in [-0.2, -0.15) is 0 Å². The molecule has 3 nitrogen and oxygen atoms in total. The standard InChI is InChI=1S/C11H21NO2/c1-10(2)7-12(8-10)11(9-13)3-5-14-6-4-11/h13H,3-9H2,1-2H3. The second-order valence-electron chi connectivity index (χ2n) is 5.52. The fourth-order valence-corrected chi connectivity index (χ4v) is 2.65. The van der Waals surface area contributed by atoms with Gasteiger partial charge in [0.2, 0.25) is 0 Å². The summed E-state index contributed by atoms with van der Waals surface area (Å²) >= 11 is 0. The summed E-state index contributed by atoms with van der Waals surface area (Å²) in [6.07, 6.45) is 1.97. The van der Waals surface area contributed by atoms with Crippen molar-refractivity contribution in [1.82, 2.24) is 4.90 Å². The van der Waals surface area contributed by atoms with Crippen molar-refractivity contribution in [2.45, 2.75) is 32.2 Å². The normalized spacial score (nSPS) is 31.1. The Hall–Kier alpha value is -0.120. The van der Waals surface area contributed by atoms with Crippen LogP contribution >= 0.6 is 0 Å². The molecular formula is C11H21NO2. The highest BCUT2D eigenvalue weighted by molar-refractivity contribution is 5.01. The van der Waals surface area contributed by atoms with Crippen molar-refractivity contribution in [2.24, 2.45) is 5.41 Å². The van der Waals surface area contributed by atoms with Gasteiger partial charge in [-0.25, -0.2) is 0 Å².